The van der Waals surface area contributed by atoms with Crippen molar-refractivity contribution < 1.29 is 50.5 Å². The molecule has 0 amide bonds. The molecule has 178 valence electrons. The lowest BCUT2D eigenvalue weighted by atomic mass is 9.87. The Balaban J connectivity index is 1.70. The maximum Gasteiger partial charge on any atom is 0.465 e. The fraction of sp³-hybridized carbons (Fsp3) is 0.800. The number of hydrogen-bond donors (Lipinski definition) is 0. The van der Waals surface area contributed by atoms with Crippen LogP contribution in [0.15, 0.2) is 11.6 Å². The summed E-state index contributed by atoms with van der Waals surface area (Å²) in [5.41, 5.74) is 1.34. The van der Waals surface area contributed by atoms with E-state index < -0.39 is 36.6 Å². The van der Waals surface area contributed by atoms with Crippen molar-refractivity contribution >= 4 is 11.9 Å². The summed E-state index contributed by atoms with van der Waals surface area (Å²) in [6, 6.07) is 0. The number of carbonyl (C=O) groups is 2. The van der Waals surface area contributed by atoms with E-state index in [1.54, 1.807) is 0 Å². The van der Waals surface area contributed by atoms with Gasteiger partial charge in [0.25, 0.3) is 0 Å². The van der Waals surface area contributed by atoms with Crippen LogP contribution in [0, 0.1) is 5.92 Å². The maximum absolute atomic E-state index is 12.9. The quantitative estimate of drug-likeness (QED) is 0.217. The highest BCUT2D eigenvalue weighted by Crippen LogP contribution is 2.37. The Morgan fingerprint density at radius 3 is 2.29 bits per heavy atom. The molecule has 11 heteroatoms. The van der Waals surface area contributed by atoms with Crippen molar-refractivity contribution in [2.75, 3.05) is 13.2 Å². The first-order chi connectivity index (χ1) is 14.5. The summed E-state index contributed by atoms with van der Waals surface area (Å²) in [6.45, 7) is -0.625. The van der Waals surface area contributed by atoms with Crippen LogP contribution in [0.4, 0.5) is 22.0 Å². The number of rotatable bonds is 9. The van der Waals surface area contributed by atoms with Gasteiger partial charge >= 0.3 is 30.5 Å². The zero-order valence-corrected chi connectivity index (χ0v) is 17.2. The minimum atomic E-state index is -6.10. The molecule has 1 atom stereocenters. The smallest absolute Gasteiger partial charge is 0.457 e. The number of unbranched alkanes of at least 4 members (excludes halogenated alkanes) is 3. The molecule has 2 rings (SSSR count). The van der Waals surface area contributed by atoms with Gasteiger partial charge in [0.05, 0.1) is 19.1 Å². The van der Waals surface area contributed by atoms with Gasteiger partial charge in [-0.2, -0.15) is 22.0 Å². The minimum absolute atomic E-state index is 0.319. The molecule has 1 heterocycles. The van der Waals surface area contributed by atoms with Gasteiger partial charge in [0.15, 0.2) is 0 Å². The second-order valence-electron chi connectivity index (χ2n) is 7.64. The fourth-order valence-corrected chi connectivity index (χ4v) is 3.25. The summed E-state index contributed by atoms with van der Waals surface area (Å²) in [6.07, 6.45) is 2.83. The molecule has 31 heavy (non-hydrogen) atoms. The van der Waals surface area contributed by atoms with E-state index in [0.29, 0.717) is 12.8 Å². The van der Waals surface area contributed by atoms with Gasteiger partial charge in [-0.15, -0.1) is 0 Å². The summed E-state index contributed by atoms with van der Waals surface area (Å²) < 4.78 is 80.9. The molecule has 1 saturated heterocycles. The van der Waals surface area contributed by atoms with E-state index in [2.05, 4.69) is 17.7 Å². The topological polar surface area (TPSA) is 71.1 Å². The van der Waals surface area contributed by atoms with Crippen LogP contribution >= 0.6 is 0 Å². The molecule has 0 N–H and O–H groups in total. The van der Waals surface area contributed by atoms with E-state index in [1.165, 1.54) is 24.8 Å². The third-order valence-electron chi connectivity index (χ3n) is 5.12. The van der Waals surface area contributed by atoms with Crippen LogP contribution in [0.2, 0.25) is 0 Å². The molecule has 1 fully saturated rings. The van der Waals surface area contributed by atoms with Gasteiger partial charge in [0, 0.05) is 0 Å². The SMILES string of the molecule is CCCCCCC1=CCC(C(=O)OC2COC(OC(=O)C(F)(F)C(F)(F)F)OC2)CC1. The van der Waals surface area contributed by atoms with Crippen molar-refractivity contribution in [2.45, 2.75) is 83.0 Å². The second-order valence-corrected chi connectivity index (χ2v) is 7.64. The number of esters is 2. The second kappa shape index (κ2) is 11.2. The minimum Gasteiger partial charge on any atom is -0.457 e. The first kappa shape index (κ1) is 25.5. The first-order valence-corrected chi connectivity index (χ1v) is 10.3. The number of alkyl halides is 5. The number of halogens is 5. The standard InChI is InChI=1S/C20H27F5O6/c1-2-3-4-5-6-13-7-9-14(10-8-13)16(26)30-15-11-28-18(29-12-15)31-17(27)19(21,22)20(23,24)25/h7,14-15,18H,2-6,8-12H2,1H3. The summed E-state index contributed by atoms with van der Waals surface area (Å²) in [5.74, 6) is -9.30. The highest BCUT2D eigenvalue weighted by atomic mass is 19.4. The molecule has 0 aromatic carbocycles. The van der Waals surface area contributed by atoms with Crippen molar-refractivity contribution in [1.29, 1.82) is 0 Å². The normalized spacial score (nSPS) is 25.0. The molecule has 1 unspecified atom stereocenters. The molecular weight excluding hydrogens is 431 g/mol. The number of allylic oxidation sites excluding steroid dienone is 2. The zero-order valence-electron chi connectivity index (χ0n) is 17.2. The first-order valence-electron chi connectivity index (χ1n) is 10.3. The Kier molecular flexibility index (Phi) is 9.23. The van der Waals surface area contributed by atoms with Crippen LogP contribution < -0.4 is 0 Å². The molecule has 0 bridgehead atoms. The number of ether oxygens (including phenoxy) is 4. The van der Waals surface area contributed by atoms with Crippen molar-refractivity contribution in [1.82, 2.24) is 0 Å². The molecule has 0 aromatic heterocycles. The van der Waals surface area contributed by atoms with Gasteiger partial charge in [-0.25, -0.2) is 4.79 Å². The third-order valence-corrected chi connectivity index (χ3v) is 5.12. The number of hydrogen-bond acceptors (Lipinski definition) is 6. The van der Waals surface area contributed by atoms with Crippen molar-refractivity contribution in [2.24, 2.45) is 5.92 Å². The van der Waals surface area contributed by atoms with Crippen LogP contribution in [0.5, 0.6) is 0 Å². The van der Waals surface area contributed by atoms with E-state index in [1.807, 2.05) is 0 Å². The van der Waals surface area contributed by atoms with Crippen LogP contribution in [0.25, 0.3) is 0 Å². The lowest BCUT2D eigenvalue weighted by Crippen LogP contribution is -2.48. The number of carbonyl (C=O) groups excluding carboxylic acids is 2. The average Bonchev–Trinajstić information content (AvgIpc) is 2.72. The van der Waals surface area contributed by atoms with Crippen LogP contribution in [0.1, 0.15) is 58.3 Å². The summed E-state index contributed by atoms with van der Waals surface area (Å²) >= 11 is 0. The largest absolute Gasteiger partial charge is 0.465 e. The fourth-order valence-electron chi connectivity index (χ4n) is 3.25. The molecule has 0 saturated carbocycles. The van der Waals surface area contributed by atoms with Gasteiger partial charge in [-0.1, -0.05) is 37.8 Å². The highest BCUT2D eigenvalue weighted by molar-refractivity contribution is 5.78. The molecule has 0 spiro atoms. The van der Waals surface area contributed by atoms with Gasteiger partial charge < -0.3 is 18.9 Å². The summed E-state index contributed by atoms with van der Waals surface area (Å²) in [5, 5.41) is 0. The van der Waals surface area contributed by atoms with Crippen LogP contribution in [-0.4, -0.2) is 49.8 Å². The summed E-state index contributed by atoms with van der Waals surface area (Å²) in [4.78, 5) is 23.3. The van der Waals surface area contributed by atoms with Gasteiger partial charge in [0.2, 0.25) is 0 Å². The molecule has 1 aliphatic heterocycles. The average molecular weight is 458 g/mol. The maximum atomic E-state index is 12.9. The highest BCUT2D eigenvalue weighted by Gasteiger charge is 2.65. The predicted molar refractivity (Wildman–Crippen MR) is 96.8 cm³/mol. The monoisotopic (exact) mass is 458 g/mol. The molecule has 2 aliphatic rings. The van der Waals surface area contributed by atoms with Crippen molar-refractivity contribution in [3.8, 4) is 0 Å². The van der Waals surface area contributed by atoms with Crippen molar-refractivity contribution in [3.05, 3.63) is 11.6 Å². The molecule has 6 nitrogen and oxygen atoms in total. The molecule has 0 radical (unpaired) electrons. The predicted octanol–water partition coefficient (Wildman–Crippen LogP) is 4.67. The van der Waals surface area contributed by atoms with Crippen LogP contribution in [0.3, 0.4) is 0 Å². The lowest BCUT2D eigenvalue weighted by Gasteiger charge is -2.30. The Labute approximate surface area is 177 Å². The van der Waals surface area contributed by atoms with E-state index in [9.17, 15) is 31.5 Å². The molecular formula is C20H27F5O6. The van der Waals surface area contributed by atoms with Gasteiger partial charge in [-0.05, 0) is 32.1 Å². The zero-order chi connectivity index (χ0) is 23.1. The Morgan fingerprint density at radius 2 is 1.74 bits per heavy atom. The Hall–Kier alpha value is -1.75. The van der Waals surface area contributed by atoms with Crippen LogP contribution in [-0.2, 0) is 28.5 Å². The molecule has 0 aromatic rings. The Bertz CT molecular complexity index is 640. The van der Waals surface area contributed by atoms with E-state index in [-0.39, 0.29) is 19.1 Å². The van der Waals surface area contributed by atoms with E-state index in [4.69, 9.17) is 14.2 Å². The Morgan fingerprint density at radius 1 is 1.06 bits per heavy atom. The van der Waals surface area contributed by atoms with Gasteiger partial charge in [0.1, 0.15) is 6.10 Å². The van der Waals surface area contributed by atoms with Gasteiger partial charge in [-0.3, -0.25) is 4.79 Å². The summed E-state index contributed by atoms with van der Waals surface area (Å²) in [7, 11) is 0. The van der Waals surface area contributed by atoms with E-state index >= 15 is 0 Å². The molecule has 1 aliphatic carbocycles. The lowest BCUT2D eigenvalue weighted by molar-refractivity contribution is -0.337. The van der Waals surface area contributed by atoms with Crippen molar-refractivity contribution in [3.63, 3.8) is 0 Å². The van der Waals surface area contributed by atoms with E-state index in [0.717, 1.165) is 19.3 Å². The third kappa shape index (κ3) is 7.41.